The van der Waals surface area contributed by atoms with Gasteiger partial charge in [0.1, 0.15) is 5.41 Å². The topological polar surface area (TPSA) is 91.8 Å². The fraction of sp³-hybridized carbons (Fsp3) is 0.556. The molecule has 0 bridgehead atoms. The molecule has 1 amide bonds. The quantitative estimate of drug-likeness (QED) is 0.779. The predicted molar refractivity (Wildman–Crippen MR) is 49.6 cm³/mol. The maximum Gasteiger partial charge on any atom is 0.328 e. The van der Waals surface area contributed by atoms with Crippen LogP contribution in [0.3, 0.4) is 0 Å². The van der Waals surface area contributed by atoms with Gasteiger partial charge < -0.3 is 4.52 Å². The first kappa shape index (κ1) is 9.65. The first-order chi connectivity index (χ1) is 7.16. The van der Waals surface area contributed by atoms with E-state index in [9.17, 15) is 4.79 Å². The van der Waals surface area contributed by atoms with Crippen LogP contribution in [0.25, 0.3) is 0 Å². The number of aromatic nitrogens is 2. The number of nitrogens with one attached hydrogen (secondary N) is 1. The monoisotopic (exact) mass is 206 g/mol. The van der Waals surface area contributed by atoms with Crippen LogP contribution in [0.2, 0.25) is 0 Å². The zero-order chi connectivity index (χ0) is 10.9. The van der Waals surface area contributed by atoms with Crippen LogP contribution in [0.1, 0.15) is 25.1 Å². The van der Waals surface area contributed by atoms with Gasteiger partial charge in [-0.1, -0.05) is 5.16 Å². The van der Waals surface area contributed by atoms with E-state index in [2.05, 4.69) is 15.5 Å². The van der Waals surface area contributed by atoms with Gasteiger partial charge in [0.05, 0.1) is 6.07 Å². The smallest absolute Gasteiger partial charge is 0.315 e. The Balaban J connectivity index is 2.07. The summed E-state index contributed by atoms with van der Waals surface area (Å²) in [4.78, 5) is 15.5. The van der Waals surface area contributed by atoms with Gasteiger partial charge in [0.15, 0.2) is 5.82 Å². The lowest BCUT2D eigenvalue weighted by atomic mass is 9.69. The third-order valence-electron chi connectivity index (χ3n) is 2.60. The Kier molecular flexibility index (Phi) is 2.15. The largest absolute Gasteiger partial charge is 0.328 e. The average Bonchev–Trinajstić information content (AvgIpc) is 2.50. The molecule has 0 saturated heterocycles. The SMILES string of the molecule is Cc1noc(NC(=O)C2(C#N)CCC2)n1. The van der Waals surface area contributed by atoms with Crippen molar-refractivity contribution in [1.82, 2.24) is 10.1 Å². The summed E-state index contributed by atoms with van der Waals surface area (Å²) in [7, 11) is 0. The summed E-state index contributed by atoms with van der Waals surface area (Å²) < 4.78 is 4.74. The number of carbonyl (C=O) groups is 1. The van der Waals surface area contributed by atoms with E-state index < -0.39 is 5.41 Å². The summed E-state index contributed by atoms with van der Waals surface area (Å²) in [5, 5.41) is 14.9. The number of nitriles is 1. The van der Waals surface area contributed by atoms with Crippen molar-refractivity contribution in [3.8, 4) is 6.07 Å². The fourth-order valence-electron chi connectivity index (χ4n) is 1.48. The minimum atomic E-state index is -0.887. The van der Waals surface area contributed by atoms with E-state index >= 15 is 0 Å². The van der Waals surface area contributed by atoms with Crippen LogP contribution in [-0.4, -0.2) is 16.0 Å². The molecule has 6 nitrogen and oxygen atoms in total. The maximum absolute atomic E-state index is 11.7. The fourth-order valence-corrected chi connectivity index (χ4v) is 1.48. The minimum absolute atomic E-state index is 0.0547. The van der Waals surface area contributed by atoms with Gasteiger partial charge >= 0.3 is 6.01 Å². The number of carbonyl (C=O) groups excluding carboxylic acids is 1. The first-order valence-electron chi connectivity index (χ1n) is 4.69. The van der Waals surface area contributed by atoms with Crippen LogP contribution in [0.5, 0.6) is 0 Å². The van der Waals surface area contributed by atoms with Crippen LogP contribution in [0.4, 0.5) is 6.01 Å². The number of nitrogens with zero attached hydrogens (tertiary/aromatic N) is 3. The second-order valence-corrected chi connectivity index (χ2v) is 3.65. The van der Waals surface area contributed by atoms with Crippen LogP contribution in [-0.2, 0) is 4.79 Å². The van der Waals surface area contributed by atoms with Gasteiger partial charge in [-0.15, -0.1) is 0 Å². The molecule has 78 valence electrons. The summed E-state index contributed by atoms with van der Waals surface area (Å²) >= 11 is 0. The third kappa shape index (κ3) is 1.56. The summed E-state index contributed by atoms with van der Waals surface area (Å²) in [5.74, 6) is 0.102. The number of hydrogen-bond donors (Lipinski definition) is 1. The zero-order valence-electron chi connectivity index (χ0n) is 8.28. The second-order valence-electron chi connectivity index (χ2n) is 3.65. The lowest BCUT2D eigenvalue weighted by molar-refractivity contribution is -0.126. The maximum atomic E-state index is 11.7. The molecule has 1 aromatic heterocycles. The molecule has 0 atom stereocenters. The summed E-state index contributed by atoms with van der Waals surface area (Å²) in [6.07, 6.45) is 2.11. The highest BCUT2D eigenvalue weighted by Crippen LogP contribution is 2.40. The molecule has 0 aromatic carbocycles. The van der Waals surface area contributed by atoms with Crippen molar-refractivity contribution in [3.63, 3.8) is 0 Å². The van der Waals surface area contributed by atoms with Gasteiger partial charge in [0.2, 0.25) is 5.91 Å². The molecule has 15 heavy (non-hydrogen) atoms. The van der Waals surface area contributed by atoms with Crippen molar-refractivity contribution >= 4 is 11.9 Å². The molecule has 1 fully saturated rings. The predicted octanol–water partition coefficient (Wildman–Crippen LogP) is 1.01. The molecule has 1 aliphatic rings. The van der Waals surface area contributed by atoms with Gasteiger partial charge in [-0.2, -0.15) is 10.2 Å². The lowest BCUT2D eigenvalue weighted by Crippen LogP contribution is -2.40. The van der Waals surface area contributed by atoms with E-state index in [4.69, 9.17) is 9.78 Å². The highest BCUT2D eigenvalue weighted by Gasteiger charge is 2.45. The van der Waals surface area contributed by atoms with Crippen molar-refractivity contribution in [2.45, 2.75) is 26.2 Å². The molecule has 0 spiro atoms. The Morgan fingerprint density at radius 3 is 2.80 bits per heavy atom. The number of anilines is 1. The van der Waals surface area contributed by atoms with Gasteiger partial charge in [-0.3, -0.25) is 10.1 Å². The summed E-state index contributed by atoms with van der Waals surface area (Å²) in [6, 6.07) is 2.09. The van der Waals surface area contributed by atoms with E-state index in [-0.39, 0.29) is 11.9 Å². The third-order valence-corrected chi connectivity index (χ3v) is 2.60. The molecule has 1 N–H and O–H groups in total. The molecule has 2 rings (SSSR count). The summed E-state index contributed by atoms with van der Waals surface area (Å²) in [6.45, 7) is 1.66. The summed E-state index contributed by atoms with van der Waals surface area (Å²) in [5.41, 5.74) is -0.887. The van der Waals surface area contributed by atoms with E-state index in [0.717, 1.165) is 6.42 Å². The molecule has 0 radical (unpaired) electrons. The Bertz CT molecular complexity index is 428. The molecule has 6 heteroatoms. The van der Waals surface area contributed by atoms with Gasteiger partial charge in [-0.05, 0) is 26.2 Å². The van der Waals surface area contributed by atoms with E-state index in [1.54, 1.807) is 6.92 Å². The number of hydrogen-bond acceptors (Lipinski definition) is 5. The lowest BCUT2D eigenvalue weighted by Gasteiger charge is -2.32. The Hall–Kier alpha value is -1.90. The van der Waals surface area contributed by atoms with Crippen molar-refractivity contribution in [1.29, 1.82) is 5.26 Å². The van der Waals surface area contributed by atoms with Crippen molar-refractivity contribution in [2.75, 3.05) is 5.32 Å². The molecule has 1 heterocycles. The Labute approximate surface area is 86.3 Å². The zero-order valence-corrected chi connectivity index (χ0v) is 8.28. The van der Waals surface area contributed by atoms with Crippen molar-refractivity contribution < 1.29 is 9.32 Å². The van der Waals surface area contributed by atoms with Gasteiger partial charge in [0.25, 0.3) is 0 Å². The van der Waals surface area contributed by atoms with E-state index in [1.807, 2.05) is 6.07 Å². The molecule has 1 aliphatic carbocycles. The van der Waals surface area contributed by atoms with Crippen LogP contribution in [0, 0.1) is 23.7 Å². The molecule has 0 unspecified atom stereocenters. The molecular formula is C9H10N4O2. The second kappa shape index (κ2) is 3.35. The highest BCUT2D eigenvalue weighted by atomic mass is 16.5. The number of amides is 1. The molecule has 1 aromatic rings. The standard InChI is InChI=1S/C9H10N4O2/c1-6-11-8(15-13-6)12-7(14)9(5-10)3-2-4-9/h2-4H2,1H3,(H,11,12,13,14). The Morgan fingerprint density at radius 1 is 1.67 bits per heavy atom. The molecule has 1 saturated carbocycles. The van der Waals surface area contributed by atoms with Gasteiger partial charge in [0, 0.05) is 0 Å². The first-order valence-corrected chi connectivity index (χ1v) is 4.69. The minimum Gasteiger partial charge on any atom is -0.315 e. The molecule has 0 aliphatic heterocycles. The van der Waals surface area contributed by atoms with E-state index in [1.165, 1.54) is 0 Å². The van der Waals surface area contributed by atoms with Crippen molar-refractivity contribution in [3.05, 3.63) is 5.82 Å². The van der Waals surface area contributed by atoms with E-state index in [0.29, 0.717) is 18.7 Å². The van der Waals surface area contributed by atoms with Crippen LogP contribution in [0.15, 0.2) is 4.52 Å². The van der Waals surface area contributed by atoms with Gasteiger partial charge in [-0.25, -0.2) is 0 Å². The van der Waals surface area contributed by atoms with Crippen LogP contribution >= 0.6 is 0 Å². The van der Waals surface area contributed by atoms with Crippen LogP contribution < -0.4 is 5.32 Å². The average molecular weight is 206 g/mol. The number of rotatable bonds is 2. The highest BCUT2D eigenvalue weighted by molar-refractivity contribution is 5.96. The Morgan fingerprint density at radius 2 is 2.40 bits per heavy atom. The normalized spacial score (nSPS) is 17.6. The van der Waals surface area contributed by atoms with Crippen molar-refractivity contribution in [2.24, 2.45) is 5.41 Å². The molecular weight excluding hydrogens is 196 g/mol. The number of aryl methyl sites for hydroxylation is 1.